The first-order chi connectivity index (χ1) is 7.18. The molecule has 0 amide bonds. The molecular weight excluding hydrogens is 186 g/mol. The lowest BCUT2D eigenvalue weighted by atomic mass is 9.77. The van der Waals surface area contributed by atoms with Crippen LogP contribution < -0.4 is 0 Å². The van der Waals surface area contributed by atoms with Gasteiger partial charge in [0.1, 0.15) is 5.78 Å². The molecule has 0 aromatic heterocycles. The Labute approximate surface area is 93.0 Å². The summed E-state index contributed by atoms with van der Waals surface area (Å²) >= 11 is 0. The maximum atomic E-state index is 11.3. The number of hydrogen-bond donors (Lipinski definition) is 0. The summed E-state index contributed by atoms with van der Waals surface area (Å²) < 4.78 is 0. The van der Waals surface area contributed by atoms with Crippen LogP contribution in [0.2, 0.25) is 0 Å². The van der Waals surface area contributed by atoms with Crippen LogP contribution in [0.15, 0.2) is 0 Å². The van der Waals surface area contributed by atoms with E-state index in [-0.39, 0.29) is 0 Å². The summed E-state index contributed by atoms with van der Waals surface area (Å²) in [6, 6.07) is 0.699. The summed E-state index contributed by atoms with van der Waals surface area (Å²) in [5, 5.41) is 0. The first-order valence-corrected chi connectivity index (χ1v) is 6.44. The van der Waals surface area contributed by atoms with Gasteiger partial charge in [0.25, 0.3) is 0 Å². The Kier molecular flexibility index (Phi) is 3.45. The molecule has 2 atom stereocenters. The molecule has 2 aliphatic rings. The topological polar surface area (TPSA) is 20.3 Å². The second-order valence-electron chi connectivity index (χ2n) is 5.52. The Morgan fingerprint density at radius 1 is 1.27 bits per heavy atom. The van der Waals surface area contributed by atoms with Gasteiger partial charge in [0.15, 0.2) is 0 Å². The number of Topliss-reactive ketones (excluding diaryl/α,β-unsaturated/α-hetero) is 1. The van der Waals surface area contributed by atoms with Crippen molar-refractivity contribution in [2.45, 2.75) is 52.0 Å². The zero-order valence-corrected chi connectivity index (χ0v) is 10.0. The molecule has 2 heteroatoms. The van der Waals surface area contributed by atoms with E-state index in [0.717, 1.165) is 31.3 Å². The molecule has 2 fully saturated rings. The molecule has 1 aliphatic heterocycles. The Morgan fingerprint density at radius 3 is 2.60 bits per heavy atom. The fourth-order valence-electron chi connectivity index (χ4n) is 3.31. The van der Waals surface area contributed by atoms with Crippen molar-refractivity contribution in [3.63, 3.8) is 0 Å². The highest BCUT2D eigenvalue weighted by Gasteiger charge is 2.34. The standard InChI is InChI=1S/C13H23NO/c1-10(2)12-5-3-4-6-13(12)14-8-7-11(15)9-14/h10,12-13H,3-9H2,1-2H3. The van der Waals surface area contributed by atoms with Crippen LogP contribution in [0.3, 0.4) is 0 Å². The van der Waals surface area contributed by atoms with Crippen molar-refractivity contribution in [1.29, 1.82) is 0 Å². The number of carbonyl (C=O) groups excluding carboxylic acids is 1. The molecule has 1 aliphatic carbocycles. The average molecular weight is 209 g/mol. The number of nitrogens with zero attached hydrogens (tertiary/aromatic N) is 1. The zero-order chi connectivity index (χ0) is 10.8. The third kappa shape index (κ3) is 2.41. The molecule has 1 saturated carbocycles. The predicted octanol–water partition coefficient (Wildman–Crippen LogP) is 2.48. The Balaban J connectivity index is 2.01. The van der Waals surface area contributed by atoms with E-state index >= 15 is 0 Å². The lowest BCUT2D eigenvalue weighted by Gasteiger charge is -2.39. The molecule has 2 nitrogen and oxygen atoms in total. The Hall–Kier alpha value is -0.370. The van der Waals surface area contributed by atoms with Gasteiger partial charge in [-0.2, -0.15) is 0 Å². The number of hydrogen-bond acceptors (Lipinski definition) is 2. The Bertz CT molecular complexity index is 237. The van der Waals surface area contributed by atoms with E-state index in [9.17, 15) is 4.79 Å². The summed E-state index contributed by atoms with van der Waals surface area (Å²) in [4.78, 5) is 13.8. The van der Waals surface area contributed by atoms with Gasteiger partial charge in [-0.15, -0.1) is 0 Å². The molecule has 0 bridgehead atoms. The minimum absolute atomic E-state index is 0.447. The van der Waals surface area contributed by atoms with Crippen molar-refractivity contribution in [3.8, 4) is 0 Å². The van der Waals surface area contributed by atoms with E-state index in [1.54, 1.807) is 0 Å². The quantitative estimate of drug-likeness (QED) is 0.696. The van der Waals surface area contributed by atoms with Crippen LogP contribution in [-0.4, -0.2) is 29.8 Å². The van der Waals surface area contributed by atoms with E-state index in [4.69, 9.17) is 0 Å². The van der Waals surface area contributed by atoms with Gasteiger partial charge < -0.3 is 0 Å². The first kappa shape index (κ1) is 11.1. The number of likely N-dealkylation sites (tertiary alicyclic amines) is 1. The van der Waals surface area contributed by atoms with Crippen molar-refractivity contribution in [1.82, 2.24) is 4.90 Å². The molecule has 0 spiro atoms. The second-order valence-corrected chi connectivity index (χ2v) is 5.52. The molecule has 86 valence electrons. The highest BCUT2D eigenvalue weighted by atomic mass is 16.1. The van der Waals surface area contributed by atoms with Crippen molar-refractivity contribution >= 4 is 5.78 Å². The summed E-state index contributed by atoms with van der Waals surface area (Å²) in [6.45, 7) is 6.42. The molecule has 1 saturated heterocycles. The van der Waals surface area contributed by atoms with E-state index in [0.29, 0.717) is 11.8 Å². The van der Waals surface area contributed by atoms with Crippen LogP contribution in [0.5, 0.6) is 0 Å². The van der Waals surface area contributed by atoms with Crippen LogP contribution in [0, 0.1) is 11.8 Å². The first-order valence-electron chi connectivity index (χ1n) is 6.44. The van der Waals surface area contributed by atoms with Gasteiger partial charge in [-0.25, -0.2) is 0 Å². The number of rotatable bonds is 2. The van der Waals surface area contributed by atoms with Gasteiger partial charge in [-0.1, -0.05) is 26.7 Å². The highest BCUT2D eigenvalue weighted by Crippen LogP contribution is 2.34. The fraction of sp³-hybridized carbons (Fsp3) is 0.923. The molecule has 0 aromatic rings. The lowest BCUT2D eigenvalue weighted by Crippen LogP contribution is -2.43. The van der Waals surface area contributed by atoms with Crippen molar-refractivity contribution in [2.24, 2.45) is 11.8 Å². The molecule has 2 unspecified atom stereocenters. The zero-order valence-electron chi connectivity index (χ0n) is 10.0. The fourth-order valence-corrected chi connectivity index (χ4v) is 3.31. The third-order valence-electron chi connectivity index (χ3n) is 4.16. The van der Waals surface area contributed by atoms with Crippen LogP contribution in [0.4, 0.5) is 0 Å². The van der Waals surface area contributed by atoms with Gasteiger partial charge in [-0.05, 0) is 24.7 Å². The van der Waals surface area contributed by atoms with E-state index in [1.165, 1.54) is 25.7 Å². The van der Waals surface area contributed by atoms with Gasteiger partial charge >= 0.3 is 0 Å². The number of ketones is 1. The molecule has 2 rings (SSSR count). The number of carbonyl (C=O) groups is 1. The SMILES string of the molecule is CC(C)C1CCCCC1N1CCC(=O)C1. The van der Waals surface area contributed by atoms with Crippen molar-refractivity contribution < 1.29 is 4.79 Å². The smallest absolute Gasteiger partial charge is 0.148 e. The average Bonchev–Trinajstić information content (AvgIpc) is 2.65. The van der Waals surface area contributed by atoms with E-state index < -0.39 is 0 Å². The third-order valence-corrected chi connectivity index (χ3v) is 4.16. The normalized spacial score (nSPS) is 33.9. The Morgan fingerprint density at radius 2 is 2.00 bits per heavy atom. The molecule has 15 heavy (non-hydrogen) atoms. The maximum Gasteiger partial charge on any atom is 0.148 e. The molecule has 0 radical (unpaired) electrons. The van der Waals surface area contributed by atoms with Crippen LogP contribution in [-0.2, 0) is 4.79 Å². The highest BCUT2D eigenvalue weighted by molar-refractivity contribution is 5.82. The molecule has 0 aromatic carbocycles. The summed E-state index contributed by atoms with van der Waals surface area (Å²) in [5.41, 5.74) is 0. The van der Waals surface area contributed by atoms with Crippen LogP contribution in [0.25, 0.3) is 0 Å². The van der Waals surface area contributed by atoms with Crippen molar-refractivity contribution in [2.75, 3.05) is 13.1 Å². The van der Waals surface area contributed by atoms with Gasteiger partial charge in [0.2, 0.25) is 0 Å². The minimum atomic E-state index is 0.447. The van der Waals surface area contributed by atoms with E-state index in [1.807, 2.05) is 0 Å². The van der Waals surface area contributed by atoms with E-state index in [2.05, 4.69) is 18.7 Å². The minimum Gasteiger partial charge on any atom is -0.298 e. The van der Waals surface area contributed by atoms with Gasteiger partial charge in [-0.3, -0.25) is 9.69 Å². The van der Waals surface area contributed by atoms with Gasteiger partial charge in [0, 0.05) is 19.0 Å². The lowest BCUT2D eigenvalue weighted by molar-refractivity contribution is -0.117. The maximum absolute atomic E-state index is 11.3. The molecule has 1 heterocycles. The van der Waals surface area contributed by atoms with Crippen molar-refractivity contribution in [3.05, 3.63) is 0 Å². The van der Waals surface area contributed by atoms with Crippen LogP contribution in [0.1, 0.15) is 46.0 Å². The van der Waals surface area contributed by atoms with Gasteiger partial charge in [0.05, 0.1) is 6.54 Å². The molecular formula is C13H23NO. The van der Waals surface area contributed by atoms with Crippen LogP contribution >= 0.6 is 0 Å². The summed E-state index contributed by atoms with van der Waals surface area (Å²) in [7, 11) is 0. The second kappa shape index (κ2) is 4.65. The monoisotopic (exact) mass is 209 g/mol. The molecule has 0 N–H and O–H groups in total. The summed E-state index contributed by atoms with van der Waals surface area (Å²) in [5.74, 6) is 2.04. The predicted molar refractivity (Wildman–Crippen MR) is 61.8 cm³/mol. The largest absolute Gasteiger partial charge is 0.298 e. The summed E-state index contributed by atoms with van der Waals surface area (Å²) in [6.07, 6.45) is 6.23.